The molecule has 8 nitrogen and oxygen atoms in total. The third-order valence-corrected chi connectivity index (χ3v) is 6.23. The topological polar surface area (TPSA) is 83.5 Å². The third kappa shape index (κ3) is 6.01. The number of hydrogen-bond donors (Lipinski definition) is 0. The summed E-state index contributed by atoms with van der Waals surface area (Å²) in [4.78, 5) is 26.0. The van der Waals surface area contributed by atoms with Crippen LogP contribution in [0.4, 0.5) is 4.79 Å². The summed E-state index contributed by atoms with van der Waals surface area (Å²) >= 11 is 0. The molecule has 1 aromatic rings. The quantitative estimate of drug-likeness (QED) is 0.577. The van der Waals surface area contributed by atoms with Gasteiger partial charge < -0.3 is 28.4 Å². The first-order valence-electron chi connectivity index (χ1n) is 11.4. The van der Waals surface area contributed by atoms with E-state index in [2.05, 4.69) is 0 Å². The van der Waals surface area contributed by atoms with Crippen molar-refractivity contribution in [1.29, 1.82) is 0 Å². The molecule has 2 aliphatic heterocycles. The summed E-state index contributed by atoms with van der Waals surface area (Å²) in [6.45, 7) is 14.5. The fourth-order valence-corrected chi connectivity index (χ4v) is 3.64. The second-order valence-corrected chi connectivity index (χ2v) is 10.8. The SMILES string of the molecule is COc1cc(B2OC(C)(C)C(C)(C)O2)ccc1OCC(=O)CC1CN(C(=O)OC(C)(C)C)C1. The molecule has 2 saturated heterocycles. The normalized spacial score (nSPS) is 19.8. The number of methoxy groups -OCH3 is 1. The van der Waals surface area contributed by atoms with Crippen LogP contribution in [0.2, 0.25) is 0 Å². The van der Waals surface area contributed by atoms with E-state index >= 15 is 0 Å². The molecule has 0 atom stereocenters. The van der Waals surface area contributed by atoms with Gasteiger partial charge in [0.2, 0.25) is 0 Å². The zero-order chi connectivity index (χ0) is 24.6. The zero-order valence-corrected chi connectivity index (χ0v) is 21.0. The number of hydrogen-bond acceptors (Lipinski definition) is 7. The Kier molecular flexibility index (Phi) is 7.06. The molecule has 1 aromatic carbocycles. The Morgan fingerprint density at radius 1 is 1.09 bits per heavy atom. The zero-order valence-electron chi connectivity index (χ0n) is 21.0. The van der Waals surface area contributed by atoms with Gasteiger partial charge in [-0.05, 0) is 66.1 Å². The molecular weight excluding hydrogens is 425 g/mol. The highest BCUT2D eigenvalue weighted by Crippen LogP contribution is 2.37. The minimum Gasteiger partial charge on any atom is -0.493 e. The molecule has 2 aliphatic rings. The van der Waals surface area contributed by atoms with Crippen molar-refractivity contribution in [2.24, 2.45) is 5.92 Å². The molecule has 182 valence electrons. The van der Waals surface area contributed by atoms with Gasteiger partial charge in [0.1, 0.15) is 12.2 Å². The van der Waals surface area contributed by atoms with Crippen LogP contribution in [0.3, 0.4) is 0 Å². The average Bonchev–Trinajstić information content (AvgIpc) is 2.88. The molecule has 0 aliphatic carbocycles. The van der Waals surface area contributed by atoms with Gasteiger partial charge >= 0.3 is 13.2 Å². The monoisotopic (exact) mass is 461 g/mol. The Morgan fingerprint density at radius 2 is 1.70 bits per heavy atom. The molecule has 9 heteroatoms. The Hall–Kier alpha value is -2.26. The van der Waals surface area contributed by atoms with Gasteiger partial charge in [0.05, 0.1) is 18.3 Å². The summed E-state index contributed by atoms with van der Waals surface area (Å²) < 4.78 is 28.7. The van der Waals surface area contributed by atoms with E-state index in [-0.39, 0.29) is 24.4 Å². The Morgan fingerprint density at radius 3 is 2.24 bits per heavy atom. The van der Waals surface area contributed by atoms with Gasteiger partial charge in [-0.15, -0.1) is 0 Å². The molecule has 0 unspecified atom stereocenters. The van der Waals surface area contributed by atoms with Crippen LogP contribution in [0, 0.1) is 5.92 Å². The van der Waals surface area contributed by atoms with Gasteiger partial charge in [-0.2, -0.15) is 0 Å². The van der Waals surface area contributed by atoms with Crippen molar-refractivity contribution in [3.63, 3.8) is 0 Å². The molecule has 0 bridgehead atoms. The summed E-state index contributed by atoms with van der Waals surface area (Å²) in [5.41, 5.74) is -0.580. The first kappa shape index (κ1) is 25.4. The number of Topliss-reactive ketones (excluding diaryl/α,β-unsaturated/α-hetero) is 1. The number of ether oxygens (including phenoxy) is 3. The van der Waals surface area contributed by atoms with Gasteiger partial charge in [0, 0.05) is 25.4 Å². The minimum atomic E-state index is -0.525. The van der Waals surface area contributed by atoms with Gasteiger partial charge in [0.15, 0.2) is 17.3 Å². The second-order valence-electron chi connectivity index (χ2n) is 10.8. The van der Waals surface area contributed by atoms with Crippen molar-refractivity contribution < 1.29 is 33.1 Å². The van der Waals surface area contributed by atoms with Crippen LogP contribution in [0.1, 0.15) is 54.9 Å². The van der Waals surface area contributed by atoms with Crippen molar-refractivity contribution in [3.8, 4) is 11.5 Å². The standard InChI is InChI=1S/C24H36BNO7/c1-22(2,3)31-21(28)26-13-16(14-26)11-18(27)15-30-19-10-9-17(12-20(19)29-8)25-32-23(4,5)24(6,7)33-25/h9-10,12,16H,11,13-15H2,1-8H3. The molecular formula is C24H36BNO7. The highest BCUT2D eigenvalue weighted by Gasteiger charge is 2.51. The lowest BCUT2D eigenvalue weighted by molar-refractivity contribution is -0.123. The van der Waals surface area contributed by atoms with E-state index in [0.717, 1.165) is 5.46 Å². The van der Waals surface area contributed by atoms with Crippen LogP contribution in [-0.2, 0) is 18.8 Å². The Labute approximate surface area is 197 Å². The molecule has 33 heavy (non-hydrogen) atoms. The molecule has 0 aromatic heterocycles. The number of carbonyl (C=O) groups excluding carboxylic acids is 2. The van der Waals surface area contributed by atoms with Crippen molar-refractivity contribution in [2.45, 2.75) is 71.7 Å². The maximum absolute atomic E-state index is 12.4. The maximum atomic E-state index is 12.4. The predicted octanol–water partition coefficient (Wildman–Crippen LogP) is 3.20. The molecule has 2 heterocycles. The summed E-state index contributed by atoms with van der Waals surface area (Å²) in [5.74, 6) is 1.09. The largest absolute Gasteiger partial charge is 0.494 e. The first-order valence-corrected chi connectivity index (χ1v) is 11.4. The lowest BCUT2D eigenvalue weighted by atomic mass is 9.79. The molecule has 0 saturated carbocycles. The molecule has 1 amide bonds. The van der Waals surface area contributed by atoms with Gasteiger partial charge in [-0.1, -0.05) is 6.07 Å². The van der Waals surface area contributed by atoms with Gasteiger partial charge in [0.25, 0.3) is 0 Å². The van der Waals surface area contributed by atoms with Crippen LogP contribution < -0.4 is 14.9 Å². The smallest absolute Gasteiger partial charge is 0.493 e. The van der Waals surface area contributed by atoms with E-state index in [4.69, 9.17) is 23.5 Å². The second kappa shape index (κ2) is 9.18. The Balaban J connectivity index is 1.50. The van der Waals surface area contributed by atoms with E-state index in [1.54, 1.807) is 18.1 Å². The van der Waals surface area contributed by atoms with Crippen LogP contribution >= 0.6 is 0 Å². The van der Waals surface area contributed by atoms with Crippen molar-refractivity contribution in [1.82, 2.24) is 4.90 Å². The van der Waals surface area contributed by atoms with Crippen molar-refractivity contribution in [2.75, 3.05) is 26.8 Å². The van der Waals surface area contributed by atoms with Crippen LogP contribution in [0.5, 0.6) is 11.5 Å². The van der Waals surface area contributed by atoms with E-state index in [9.17, 15) is 9.59 Å². The molecule has 3 rings (SSSR count). The number of likely N-dealkylation sites (tertiary alicyclic amines) is 1. The highest BCUT2D eigenvalue weighted by molar-refractivity contribution is 6.62. The van der Waals surface area contributed by atoms with Crippen LogP contribution in [0.25, 0.3) is 0 Å². The Bertz CT molecular complexity index is 871. The fourth-order valence-electron chi connectivity index (χ4n) is 3.64. The number of carbonyl (C=O) groups is 2. The van der Waals surface area contributed by atoms with E-state index in [0.29, 0.717) is 31.0 Å². The van der Waals surface area contributed by atoms with E-state index in [1.807, 2.05) is 60.6 Å². The molecule has 0 radical (unpaired) electrons. The summed E-state index contributed by atoms with van der Waals surface area (Å²) in [7, 11) is 1.05. The predicted molar refractivity (Wildman–Crippen MR) is 125 cm³/mol. The van der Waals surface area contributed by atoms with Crippen molar-refractivity contribution in [3.05, 3.63) is 18.2 Å². The first-order chi connectivity index (χ1) is 15.2. The lowest BCUT2D eigenvalue weighted by Crippen LogP contribution is -2.52. The number of amides is 1. The highest BCUT2D eigenvalue weighted by atomic mass is 16.7. The summed E-state index contributed by atoms with van der Waals surface area (Å²) in [5, 5.41) is 0. The summed E-state index contributed by atoms with van der Waals surface area (Å²) in [6, 6.07) is 5.43. The summed E-state index contributed by atoms with van der Waals surface area (Å²) in [6.07, 6.45) is 0.0161. The molecule has 2 fully saturated rings. The number of nitrogens with zero attached hydrogens (tertiary/aromatic N) is 1. The number of benzene rings is 1. The molecule has 0 spiro atoms. The fraction of sp³-hybridized carbons (Fsp3) is 0.667. The van der Waals surface area contributed by atoms with Gasteiger partial charge in [-0.25, -0.2) is 4.79 Å². The lowest BCUT2D eigenvalue weighted by Gasteiger charge is -2.39. The van der Waals surface area contributed by atoms with E-state index in [1.165, 1.54) is 0 Å². The van der Waals surface area contributed by atoms with E-state index < -0.39 is 23.9 Å². The number of ketones is 1. The maximum Gasteiger partial charge on any atom is 0.494 e. The van der Waals surface area contributed by atoms with Crippen LogP contribution in [0.15, 0.2) is 18.2 Å². The number of rotatable bonds is 7. The third-order valence-electron chi connectivity index (χ3n) is 6.23. The van der Waals surface area contributed by atoms with Crippen LogP contribution in [-0.4, -0.2) is 67.5 Å². The average molecular weight is 461 g/mol. The van der Waals surface area contributed by atoms with Crippen molar-refractivity contribution >= 4 is 24.5 Å². The van der Waals surface area contributed by atoms with Gasteiger partial charge in [-0.3, -0.25) is 4.79 Å². The molecule has 0 N–H and O–H groups in total. The minimum absolute atomic E-state index is 0.0269.